The minimum atomic E-state index is -0.387. The zero-order valence-corrected chi connectivity index (χ0v) is 22.8. The highest BCUT2D eigenvalue weighted by Gasteiger charge is 2.49. The molecule has 0 aromatic heterocycles. The molecular weight excluding hydrogens is 492 g/mol. The smallest absolute Gasteiger partial charge is 0.408 e. The third kappa shape index (κ3) is 12.4. The number of aliphatic hydroxyl groups is 1. The number of aliphatic imine (C=N–C) groups is 1. The maximum Gasteiger partial charge on any atom is 0.408 e. The number of fused-ring (bicyclic) bond motifs is 4. The van der Waals surface area contributed by atoms with Crippen LogP contribution >= 0.6 is 0 Å². The highest BCUT2D eigenvalue weighted by molar-refractivity contribution is 5.70. The average Bonchev–Trinajstić information content (AvgIpc) is 3.13. The Morgan fingerprint density at radius 3 is 2.13 bits per heavy atom. The Morgan fingerprint density at radius 2 is 1.45 bits per heavy atom. The second-order valence-electron chi connectivity index (χ2n) is 10.7. The number of rotatable bonds is 21. The van der Waals surface area contributed by atoms with Gasteiger partial charge >= 0.3 is 18.0 Å². The van der Waals surface area contributed by atoms with Crippen LogP contribution in [0.4, 0.5) is 4.79 Å². The fourth-order valence-corrected chi connectivity index (χ4v) is 5.45. The van der Waals surface area contributed by atoms with E-state index >= 15 is 0 Å². The molecule has 0 unspecified atom stereocenters. The third-order valence-corrected chi connectivity index (χ3v) is 7.69. The maximum atomic E-state index is 12.5. The molecular formula is C28H46N2O8. The molecule has 1 saturated carbocycles. The average molecular weight is 539 g/mol. The van der Waals surface area contributed by atoms with Gasteiger partial charge in [-0.2, -0.15) is 0 Å². The van der Waals surface area contributed by atoms with Crippen molar-refractivity contribution in [3.63, 3.8) is 0 Å². The lowest BCUT2D eigenvalue weighted by atomic mass is 9.71. The van der Waals surface area contributed by atoms with Crippen molar-refractivity contribution in [1.29, 1.82) is 0 Å². The van der Waals surface area contributed by atoms with Gasteiger partial charge in [-0.25, -0.2) is 14.6 Å². The first-order valence-electron chi connectivity index (χ1n) is 14.4. The Kier molecular flexibility index (Phi) is 15.0. The van der Waals surface area contributed by atoms with Gasteiger partial charge in [0.05, 0.1) is 19.8 Å². The van der Waals surface area contributed by atoms with Crippen LogP contribution in [0.15, 0.2) is 4.99 Å². The zero-order valence-electron chi connectivity index (χ0n) is 22.8. The number of amides is 1. The van der Waals surface area contributed by atoms with E-state index in [1.807, 2.05) is 0 Å². The molecule has 2 heterocycles. The SMILES string of the molecule is O=C=NCCCCCCC12CCC(CCCCCC(=O)OCCCCCC(=O)OCCO)(CC1)OC(=O)N2. The molecule has 3 rings (SSSR count). The summed E-state index contributed by atoms with van der Waals surface area (Å²) >= 11 is 0. The summed E-state index contributed by atoms with van der Waals surface area (Å²) < 4.78 is 16.0. The van der Waals surface area contributed by atoms with Crippen LogP contribution in [0.5, 0.6) is 0 Å². The zero-order chi connectivity index (χ0) is 27.5. The summed E-state index contributed by atoms with van der Waals surface area (Å²) in [4.78, 5) is 49.5. The molecule has 1 aliphatic carbocycles. The predicted octanol–water partition coefficient (Wildman–Crippen LogP) is 4.65. The van der Waals surface area contributed by atoms with Gasteiger partial charge in [0.15, 0.2) is 0 Å². The number of alkyl carbamates (subject to hydrolysis) is 1. The predicted molar refractivity (Wildman–Crippen MR) is 140 cm³/mol. The van der Waals surface area contributed by atoms with E-state index in [1.54, 1.807) is 6.08 Å². The van der Waals surface area contributed by atoms with Crippen molar-refractivity contribution in [2.24, 2.45) is 4.99 Å². The molecule has 216 valence electrons. The van der Waals surface area contributed by atoms with Gasteiger partial charge in [-0.15, -0.1) is 0 Å². The molecule has 38 heavy (non-hydrogen) atoms. The number of nitrogens with one attached hydrogen (secondary N) is 1. The van der Waals surface area contributed by atoms with Gasteiger partial charge in [0.2, 0.25) is 6.08 Å². The molecule has 2 aliphatic heterocycles. The number of unbranched alkanes of at least 4 members (excludes halogenated alkanes) is 7. The number of isocyanates is 1. The number of hydrogen-bond donors (Lipinski definition) is 2. The largest absolute Gasteiger partial charge is 0.466 e. The number of esters is 2. The fourth-order valence-electron chi connectivity index (χ4n) is 5.45. The van der Waals surface area contributed by atoms with Gasteiger partial charge in [0, 0.05) is 18.4 Å². The molecule has 0 aromatic carbocycles. The Balaban J connectivity index is 1.54. The number of aliphatic hydroxyl groups excluding tert-OH is 1. The van der Waals surface area contributed by atoms with Crippen LogP contribution < -0.4 is 5.32 Å². The third-order valence-electron chi connectivity index (χ3n) is 7.69. The topological polar surface area (TPSA) is 141 Å². The van der Waals surface area contributed by atoms with Crippen molar-refractivity contribution < 1.29 is 38.5 Å². The maximum absolute atomic E-state index is 12.5. The van der Waals surface area contributed by atoms with Crippen LogP contribution in [-0.2, 0) is 28.6 Å². The first kappa shape index (κ1) is 31.8. The first-order chi connectivity index (χ1) is 18.4. The molecule has 2 N–H and O–H groups in total. The molecule has 10 heteroatoms. The Morgan fingerprint density at radius 1 is 0.842 bits per heavy atom. The summed E-state index contributed by atoms with van der Waals surface area (Å²) in [7, 11) is 0. The molecule has 0 atom stereocenters. The summed E-state index contributed by atoms with van der Waals surface area (Å²) in [6.45, 7) is 0.756. The number of ether oxygens (including phenoxy) is 3. The van der Waals surface area contributed by atoms with Gasteiger partial charge in [-0.05, 0) is 77.0 Å². The summed E-state index contributed by atoms with van der Waals surface area (Å²) in [6.07, 6.45) is 16.1. The van der Waals surface area contributed by atoms with Crippen molar-refractivity contribution in [1.82, 2.24) is 5.32 Å². The molecule has 2 saturated heterocycles. The van der Waals surface area contributed by atoms with E-state index in [1.165, 1.54) is 0 Å². The Labute approximate surface area is 226 Å². The van der Waals surface area contributed by atoms with Gasteiger partial charge in [-0.3, -0.25) is 9.59 Å². The molecule has 0 spiro atoms. The molecule has 0 radical (unpaired) electrons. The van der Waals surface area contributed by atoms with Crippen LogP contribution in [-0.4, -0.2) is 66.7 Å². The molecule has 1 amide bonds. The Hall–Kier alpha value is -2.45. The van der Waals surface area contributed by atoms with E-state index in [0.29, 0.717) is 38.8 Å². The van der Waals surface area contributed by atoms with E-state index in [0.717, 1.165) is 89.9 Å². The summed E-state index contributed by atoms with van der Waals surface area (Å²) in [5.41, 5.74) is -0.549. The van der Waals surface area contributed by atoms with Crippen molar-refractivity contribution in [3.05, 3.63) is 0 Å². The monoisotopic (exact) mass is 538 g/mol. The molecule has 10 nitrogen and oxygen atoms in total. The van der Waals surface area contributed by atoms with Crippen LogP contribution in [0, 0.1) is 0 Å². The van der Waals surface area contributed by atoms with Crippen LogP contribution in [0.3, 0.4) is 0 Å². The van der Waals surface area contributed by atoms with E-state index in [-0.39, 0.29) is 42.4 Å². The number of nitrogens with zero attached hydrogens (tertiary/aromatic N) is 1. The van der Waals surface area contributed by atoms with Crippen molar-refractivity contribution in [2.75, 3.05) is 26.4 Å². The van der Waals surface area contributed by atoms with Crippen molar-refractivity contribution in [3.8, 4) is 0 Å². The van der Waals surface area contributed by atoms with Crippen molar-refractivity contribution in [2.45, 2.75) is 127 Å². The molecule has 2 bridgehead atoms. The second kappa shape index (κ2) is 17.9. The van der Waals surface area contributed by atoms with Crippen LogP contribution in [0.25, 0.3) is 0 Å². The van der Waals surface area contributed by atoms with Gasteiger partial charge in [-0.1, -0.05) is 25.7 Å². The molecule has 3 aliphatic rings. The minimum absolute atomic E-state index is 0.0315. The lowest BCUT2D eigenvalue weighted by molar-refractivity contribution is -0.145. The van der Waals surface area contributed by atoms with Crippen LogP contribution in [0.2, 0.25) is 0 Å². The lowest BCUT2D eigenvalue weighted by Gasteiger charge is -2.40. The van der Waals surface area contributed by atoms with E-state index in [2.05, 4.69) is 10.3 Å². The summed E-state index contributed by atoms with van der Waals surface area (Å²) in [5.74, 6) is -0.515. The van der Waals surface area contributed by atoms with E-state index in [9.17, 15) is 19.2 Å². The van der Waals surface area contributed by atoms with E-state index < -0.39 is 0 Å². The highest BCUT2D eigenvalue weighted by atomic mass is 16.6. The normalized spacial score (nSPS) is 22.1. The van der Waals surface area contributed by atoms with Crippen LogP contribution in [0.1, 0.15) is 116 Å². The molecule has 3 fully saturated rings. The van der Waals surface area contributed by atoms with E-state index in [4.69, 9.17) is 19.3 Å². The number of carbonyl (C=O) groups excluding carboxylic acids is 4. The lowest BCUT2D eigenvalue weighted by Crippen LogP contribution is -2.47. The number of hydrogen-bond acceptors (Lipinski definition) is 9. The minimum Gasteiger partial charge on any atom is -0.466 e. The first-order valence-corrected chi connectivity index (χ1v) is 14.4. The molecule has 0 aromatic rings. The second-order valence-corrected chi connectivity index (χ2v) is 10.7. The highest BCUT2D eigenvalue weighted by Crippen LogP contribution is 2.45. The quantitative estimate of drug-likeness (QED) is 0.0707. The van der Waals surface area contributed by atoms with Gasteiger partial charge in [0.1, 0.15) is 12.2 Å². The number of carbonyl (C=O) groups is 3. The Bertz CT molecular complexity index is 773. The van der Waals surface area contributed by atoms with Gasteiger partial charge in [0.25, 0.3) is 0 Å². The van der Waals surface area contributed by atoms with Crippen molar-refractivity contribution >= 4 is 24.1 Å². The fraction of sp³-hybridized carbons (Fsp3) is 0.857. The van der Waals surface area contributed by atoms with Gasteiger partial charge < -0.3 is 24.6 Å². The summed E-state index contributed by atoms with van der Waals surface area (Å²) in [5, 5.41) is 11.8. The standard InChI is InChI=1S/C28H46N2O8/c31-20-22-37-25(34)12-6-4-10-21-36-24(33)11-5-3-8-14-28-17-15-27(16-18-28,30-26(35)38-28)13-7-1-2-9-19-29-23-32/h31H,1-22H2,(H,30,35). The summed E-state index contributed by atoms with van der Waals surface area (Å²) in [6, 6.07) is 0.